The topological polar surface area (TPSA) is 51.2 Å². The van der Waals surface area contributed by atoms with Crippen LogP contribution in [0, 0.1) is 12.8 Å². The molecule has 1 aromatic carbocycles. The number of nitrogens with one attached hydrogen (secondary N) is 1. The molecule has 1 N–H and O–H groups in total. The number of amides is 1. The van der Waals surface area contributed by atoms with Crippen LogP contribution in [0.1, 0.15) is 53.0 Å². The van der Waals surface area contributed by atoms with Gasteiger partial charge in [0.15, 0.2) is 0 Å². The molecule has 128 valence electrons. The standard InChI is InChI=1S/C19H24N2O2S/c1-13-8-6-7-11-16(13)21-19(22)18-14(2)20-17(24-18)12-23-15-9-4-3-5-10-15/h3-5,9-10,13,16H,6-8,11-12H2,1-2H3,(H,21,22). The van der Waals surface area contributed by atoms with Gasteiger partial charge >= 0.3 is 0 Å². The summed E-state index contributed by atoms with van der Waals surface area (Å²) < 4.78 is 5.72. The zero-order valence-corrected chi connectivity index (χ0v) is 15.1. The van der Waals surface area contributed by atoms with Crippen LogP contribution >= 0.6 is 11.3 Å². The Labute approximate surface area is 147 Å². The molecule has 0 spiro atoms. The number of para-hydroxylation sites is 1. The zero-order chi connectivity index (χ0) is 16.9. The first-order valence-electron chi connectivity index (χ1n) is 8.58. The fraction of sp³-hybridized carbons (Fsp3) is 0.474. The molecule has 0 aliphatic heterocycles. The van der Waals surface area contributed by atoms with Gasteiger partial charge in [-0.25, -0.2) is 4.98 Å². The largest absolute Gasteiger partial charge is 0.486 e. The lowest BCUT2D eigenvalue weighted by Crippen LogP contribution is -2.40. The Hall–Kier alpha value is -1.88. The van der Waals surface area contributed by atoms with E-state index in [-0.39, 0.29) is 11.9 Å². The lowest BCUT2D eigenvalue weighted by molar-refractivity contribution is 0.0913. The van der Waals surface area contributed by atoms with E-state index in [1.165, 1.54) is 30.6 Å². The van der Waals surface area contributed by atoms with E-state index < -0.39 is 0 Å². The fourth-order valence-electron chi connectivity index (χ4n) is 3.15. The van der Waals surface area contributed by atoms with Gasteiger partial charge in [0.05, 0.1) is 5.69 Å². The zero-order valence-electron chi connectivity index (χ0n) is 14.2. The van der Waals surface area contributed by atoms with Crippen LogP contribution in [0.2, 0.25) is 0 Å². The molecule has 3 rings (SSSR count). The van der Waals surface area contributed by atoms with Crippen molar-refractivity contribution in [1.82, 2.24) is 10.3 Å². The van der Waals surface area contributed by atoms with Crippen LogP contribution in [0.15, 0.2) is 30.3 Å². The van der Waals surface area contributed by atoms with Crippen LogP contribution in [0.5, 0.6) is 5.75 Å². The Kier molecular flexibility index (Phi) is 5.51. The Morgan fingerprint density at radius 1 is 1.29 bits per heavy atom. The summed E-state index contributed by atoms with van der Waals surface area (Å²) >= 11 is 1.43. The molecular weight excluding hydrogens is 320 g/mol. The smallest absolute Gasteiger partial charge is 0.263 e. The summed E-state index contributed by atoms with van der Waals surface area (Å²) in [7, 11) is 0. The molecule has 1 fully saturated rings. The fourth-order valence-corrected chi connectivity index (χ4v) is 4.03. The first-order valence-corrected chi connectivity index (χ1v) is 9.40. The number of rotatable bonds is 5. The van der Waals surface area contributed by atoms with Gasteiger partial charge in [-0.3, -0.25) is 4.79 Å². The molecule has 4 nitrogen and oxygen atoms in total. The van der Waals surface area contributed by atoms with Gasteiger partial charge in [-0.05, 0) is 37.8 Å². The number of benzene rings is 1. The molecule has 1 aliphatic rings. The Morgan fingerprint density at radius 2 is 2.04 bits per heavy atom. The normalized spacial score (nSPS) is 20.6. The van der Waals surface area contributed by atoms with Crippen LogP contribution in [-0.2, 0) is 6.61 Å². The second kappa shape index (κ2) is 7.79. The van der Waals surface area contributed by atoms with Crippen LogP contribution < -0.4 is 10.1 Å². The van der Waals surface area contributed by atoms with Crippen molar-refractivity contribution in [2.75, 3.05) is 0 Å². The number of hydrogen-bond acceptors (Lipinski definition) is 4. The number of aromatic nitrogens is 1. The number of nitrogens with zero attached hydrogens (tertiary/aromatic N) is 1. The SMILES string of the molecule is Cc1nc(COc2ccccc2)sc1C(=O)NC1CCCCC1C. The molecular formula is C19H24N2O2S. The van der Waals surface area contributed by atoms with Crippen molar-refractivity contribution in [3.8, 4) is 5.75 Å². The minimum absolute atomic E-state index is 0.00899. The van der Waals surface area contributed by atoms with Gasteiger partial charge in [-0.1, -0.05) is 38.0 Å². The van der Waals surface area contributed by atoms with E-state index in [1.54, 1.807) is 0 Å². The van der Waals surface area contributed by atoms with Crippen molar-refractivity contribution < 1.29 is 9.53 Å². The predicted molar refractivity (Wildman–Crippen MR) is 96.5 cm³/mol. The average Bonchev–Trinajstić information content (AvgIpc) is 2.97. The molecule has 2 aromatic rings. The summed E-state index contributed by atoms with van der Waals surface area (Å²) in [6, 6.07) is 9.95. The van der Waals surface area contributed by atoms with Crippen LogP contribution in [0.4, 0.5) is 0 Å². The van der Waals surface area contributed by atoms with Crippen molar-refractivity contribution in [3.63, 3.8) is 0 Å². The summed E-state index contributed by atoms with van der Waals surface area (Å²) in [5, 5.41) is 4.04. The van der Waals surface area contributed by atoms with Gasteiger partial charge in [0, 0.05) is 6.04 Å². The van der Waals surface area contributed by atoms with Crippen LogP contribution in [0.25, 0.3) is 0 Å². The molecule has 5 heteroatoms. The van der Waals surface area contributed by atoms with Crippen molar-refractivity contribution >= 4 is 17.2 Å². The highest BCUT2D eigenvalue weighted by molar-refractivity contribution is 7.13. The van der Waals surface area contributed by atoms with E-state index in [1.807, 2.05) is 37.3 Å². The second-order valence-corrected chi connectivity index (χ2v) is 7.55. The quantitative estimate of drug-likeness (QED) is 0.878. The molecule has 0 bridgehead atoms. The maximum atomic E-state index is 12.6. The first kappa shape index (κ1) is 17.0. The van der Waals surface area contributed by atoms with E-state index in [2.05, 4.69) is 17.2 Å². The summed E-state index contributed by atoms with van der Waals surface area (Å²) in [5.41, 5.74) is 0.785. The Balaban J connectivity index is 1.61. The first-order chi connectivity index (χ1) is 11.6. The molecule has 0 saturated heterocycles. The van der Waals surface area contributed by atoms with E-state index >= 15 is 0 Å². The second-order valence-electron chi connectivity index (χ2n) is 6.47. The highest BCUT2D eigenvalue weighted by Gasteiger charge is 2.25. The maximum absolute atomic E-state index is 12.6. The minimum atomic E-state index is 0.00899. The third-order valence-electron chi connectivity index (χ3n) is 4.58. The van der Waals surface area contributed by atoms with Crippen LogP contribution in [-0.4, -0.2) is 16.9 Å². The molecule has 1 aliphatic carbocycles. The van der Waals surface area contributed by atoms with Gasteiger partial charge in [-0.15, -0.1) is 11.3 Å². The maximum Gasteiger partial charge on any atom is 0.263 e. The lowest BCUT2D eigenvalue weighted by Gasteiger charge is -2.29. The number of carbonyl (C=O) groups is 1. The highest BCUT2D eigenvalue weighted by Crippen LogP contribution is 2.25. The molecule has 0 radical (unpaired) electrons. The van der Waals surface area contributed by atoms with Crippen molar-refractivity contribution in [2.24, 2.45) is 5.92 Å². The van der Waals surface area contributed by atoms with E-state index in [4.69, 9.17) is 4.74 Å². The molecule has 1 heterocycles. The van der Waals surface area contributed by atoms with Gasteiger partial charge < -0.3 is 10.1 Å². The molecule has 2 atom stereocenters. The summed E-state index contributed by atoms with van der Waals surface area (Å²) in [5.74, 6) is 1.37. The number of aryl methyl sites for hydroxylation is 1. The Bertz CT molecular complexity index is 684. The molecule has 2 unspecified atom stereocenters. The summed E-state index contributed by atoms with van der Waals surface area (Å²) in [6.07, 6.45) is 4.75. The highest BCUT2D eigenvalue weighted by atomic mass is 32.1. The van der Waals surface area contributed by atoms with Crippen molar-refractivity contribution in [1.29, 1.82) is 0 Å². The van der Waals surface area contributed by atoms with E-state index in [0.717, 1.165) is 22.9 Å². The van der Waals surface area contributed by atoms with Gasteiger partial charge in [0.1, 0.15) is 22.2 Å². The Morgan fingerprint density at radius 3 is 2.79 bits per heavy atom. The number of ether oxygens (including phenoxy) is 1. The molecule has 1 saturated carbocycles. The minimum Gasteiger partial charge on any atom is -0.486 e. The summed E-state index contributed by atoms with van der Waals surface area (Å²) in [4.78, 5) is 17.8. The van der Waals surface area contributed by atoms with Gasteiger partial charge in [0.25, 0.3) is 5.91 Å². The average molecular weight is 344 g/mol. The monoisotopic (exact) mass is 344 g/mol. The molecule has 1 amide bonds. The third-order valence-corrected chi connectivity index (χ3v) is 5.71. The predicted octanol–water partition coefficient (Wildman–Crippen LogP) is 4.34. The number of carbonyl (C=O) groups excluding carboxylic acids is 1. The molecule has 1 aromatic heterocycles. The van der Waals surface area contributed by atoms with E-state index in [9.17, 15) is 4.79 Å². The number of hydrogen-bond donors (Lipinski definition) is 1. The van der Waals surface area contributed by atoms with Crippen molar-refractivity contribution in [3.05, 3.63) is 45.9 Å². The van der Waals surface area contributed by atoms with Crippen molar-refractivity contribution in [2.45, 2.75) is 52.2 Å². The van der Waals surface area contributed by atoms with Gasteiger partial charge in [-0.2, -0.15) is 0 Å². The number of thiazole rings is 1. The molecule has 24 heavy (non-hydrogen) atoms. The van der Waals surface area contributed by atoms with Crippen LogP contribution in [0.3, 0.4) is 0 Å². The van der Waals surface area contributed by atoms with Gasteiger partial charge in [0.2, 0.25) is 0 Å². The summed E-state index contributed by atoms with van der Waals surface area (Å²) in [6.45, 7) is 4.51. The lowest BCUT2D eigenvalue weighted by atomic mass is 9.86. The van der Waals surface area contributed by atoms with E-state index in [0.29, 0.717) is 17.4 Å². The third kappa shape index (κ3) is 4.15.